The highest BCUT2D eigenvalue weighted by Gasteiger charge is 2.24. The quantitative estimate of drug-likeness (QED) is 0.396. The van der Waals surface area contributed by atoms with Gasteiger partial charge in [0.1, 0.15) is 17.4 Å². The molecule has 0 unspecified atom stereocenters. The van der Waals surface area contributed by atoms with Gasteiger partial charge in [-0.1, -0.05) is 0 Å². The van der Waals surface area contributed by atoms with Gasteiger partial charge in [-0.2, -0.15) is 5.26 Å². The molecule has 2 aromatic carbocycles. The molecule has 4 rings (SSSR count). The van der Waals surface area contributed by atoms with Gasteiger partial charge in [-0.15, -0.1) is 0 Å². The highest BCUT2D eigenvalue weighted by Crippen LogP contribution is 2.46. The van der Waals surface area contributed by atoms with E-state index < -0.39 is 0 Å². The molecule has 0 fully saturated rings. The molecular formula is C26H25FN4O3. The highest BCUT2D eigenvalue weighted by atomic mass is 19.1. The summed E-state index contributed by atoms with van der Waals surface area (Å²) in [5.41, 5.74) is 4.63. The number of nitrogens with zero attached hydrogens (tertiary/aromatic N) is 4. The first-order chi connectivity index (χ1) is 16.4. The molecule has 0 saturated carbocycles. The first-order valence-electron chi connectivity index (χ1n) is 10.6. The van der Waals surface area contributed by atoms with E-state index in [1.54, 1.807) is 31.5 Å². The Hall–Kier alpha value is -4.09. The van der Waals surface area contributed by atoms with Crippen LogP contribution in [0.1, 0.15) is 11.3 Å². The molecule has 0 N–H and O–H groups in total. The zero-order valence-corrected chi connectivity index (χ0v) is 19.7. The Bertz CT molecular complexity index is 1390. The van der Waals surface area contributed by atoms with E-state index in [0.29, 0.717) is 46.1 Å². The third-order valence-corrected chi connectivity index (χ3v) is 5.57. The van der Waals surface area contributed by atoms with Gasteiger partial charge in [0, 0.05) is 17.7 Å². The Kier molecular flexibility index (Phi) is 6.39. The molecule has 0 amide bonds. The van der Waals surface area contributed by atoms with E-state index in [4.69, 9.17) is 14.2 Å². The number of aromatic nitrogens is 2. The second-order valence-electron chi connectivity index (χ2n) is 7.97. The lowest BCUT2D eigenvalue weighted by Crippen LogP contribution is -2.13. The molecule has 0 aliphatic carbocycles. The number of methoxy groups -OCH3 is 3. The first-order valence-corrected chi connectivity index (χ1v) is 10.6. The summed E-state index contributed by atoms with van der Waals surface area (Å²) in [4.78, 5) is 6.63. The van der Waals surface area contributed by atoms with Gasteiger partial charge in [0.05, 0.1) is 38.9 Å². The molecule has 0 atom stereocenters. The number of pyridine rings is 1. The summed E-state index contributed by atoms with van der Waals surface area (Å²) in [5.74, 6) is 1.05. The van der Waals surface area contributed by atoms with Crippen LogP contribution in [0.2, 0.25) is 0 Å². The van der Waals surface area contributed by atoms with Crippen LogP contribution in [0.15, 0.2) is 48.7 Å². The minimum absolute atomic E-state index is 0.324. The predicted octanol–water partition coefficient (Wildman–Crippen LogP) is 4.77. The molecule has 0 saturated heterocycles. The Balaban J connectivity index is 2.11. The van der Waals surface area contributed by atoms with Crippen molar-refractivity contribution in [1.82, 2.24) is 14.3 Å². The lowest BCUT2D eigenvalue weighted by molar-refractivity contribution is 0.325. The molecule has 8 heteroatoms. The summed E-state index contributed by atoms with van der Waals surface area (Å²) in [6, 6.07) is 14.1. The van der Waals surface area contributed by atoms with Gasteiger partial charge < -0.3 is 19.1 Å². The van der Waals surface area contributed by atoms with Crippen molar-refractivity contribution in [3.8, 4) is 45.7 Å². The van der Waals surface area contributed by atoms with Crippen LogP contribution in [0, 0.1) is 17.1 Å². The predicted molar refractivity (Wildman–Crippen MR) is 128 cm³/mol. The van der Waals surface area contributed by atoms with E-state index in [2.05, 4.69) is 11.1 Å². The van der Waals surface area contributed by atoms with Crippen molar-refractivity contribution in [2.24, 2.45) is 0 Å². The zero-order chi connectivity index (χ0) is 24.4. The molecule has 34 heavy (non-hydrogen) atoms. The van der Waals surface area contributed by atoms with Crippen LogP contribution in [0.25, 0.3) is 28.0 Å². The van der Waals surface area contributed by atoms with E-state index in [1.165, 1.54) is 26.4 Å². The summed E-state index contributed by atoms with van der Waals surface area (Å²) >= 11 is 0. The van der Waals surface area contributed by atoms with Crippen molar-refractivity contribution in [1.29, 1.82) is 5.26 Å². The number of rotatable bonds is 7. The van der Waals surface area contributed by atoms with Crippen LogP contribution in [0.3, 0.4) is 0 Å². The second-order valence-corrected chi connectivity index (χ2v) is 7.97. The van der Waals surface area contributed by atoms with Gasteiger partial charge >= 0.3 is 0 Å². The van der Waals surface area contributed by atoms with Gasteiger partial charge in [0.25, 0.3) is 0 Å². The fourth-order valence-corrected chi connectivity index (χ4v) is 4.13. The van der Waals surface area contributed by atoms with Crippen LogP contribution in [0.5, 0.6) is 17.2 Å². The van der Waals surface area contributed by atoms with Gasteiger partial charge in [-0.25, -0.2) is 9.37 Å². The Labute approximate surface area is 197 Å². The van der Waals surface area contributed by atoms with Crippen LogP contribution >= 0.6 is 0 Å². The molecule has 0 aliphatic rings. The normalized spacial score (nSPS) is 11.0. The molecule has 0 spiro atoms. The molecule has 0 bridgehead atoms. The first kappa shape index (κ1) is 23.1. The lowest BCUT2D eigenvalue weighted by atomic mass is 9.97. The van der Waals surface area contributed by atoms with E-state index in [0.717, 1.165) is 17.0 Å². The zero-order valence-electron chi connectivity index (χ0n) is 19.7. The summed E-state index contributed by atoms with van der Waals surface area (Å²) in [6.07, 6.45) is 1.76. The van der Waals surface area contributed by atoms with Gasteiger partial charge in [-0.3, -0.25) is 4.40 Å². The number of benzene rings is 2. The fraction of sp³-hybridized carbons (Fsp3) is 0.231. The van der Waals surface area contributed by atoms with E-state index in [1.807, 2.05) is 35.5 Å². The topological polar surface area (TPSA) is 72.0 Å². The van der Waals surface area contributed by atoms with Crippen molar-refractivity contribution in [2.75, 3.05) is 35.4 Å². The van der Waals surface area contributed by atoms with Crippen LogP contribution < -0.4 is 14.2 Å². The summed E-state index contributed by atoms with van der Waals surface area (Å²) in [5, 5.41) is 10.2. The standard InChI is InChI=1S/C26H25FN4O3/c1-30(2)15-18-14-29-26-21(13-28)20(12-22(31(18)26)16-6-8-17(27)9-7-16)19-10-11-23(32-3)25(34-5)24(19)33-4/h6-12,14H,15H2,1-5H3. The van der Waals surface area contributed by atoms with Crippen molar-refractivity contribution in [3.63, 3.8) is 0 Å². The van der Waals surface area contributed by atoms with Crippen molar-refractivity contribution < 1.29 is 18.6 Å². The van der Waals surface area contributed by atoms with Crippen molar-refractivity contribution in [2.45, 2.75) is 6.54 Å². The van der Waals surface area contributed by atoms with Crippen molar-refractivity contribution in [3.05, 3.63) is 65.7 Å². The Morgan fingerprint density at radius 2 is 1.68 bits per heavy atom. The maximum atomic E-state index is 13.7. The molecule has 4 aromatic rings. The number of fused-ring (bicyclic) bond motifs is 1. The van der Waals surface area contributed by atoms with Crippen LogP contribution in [-0.2, 0) is 6.54 Å². The highest BCUT2D eigenvalue weighted by molar-refractivity contribution is 5.87. The van der Waals surface area contributed by atoms with Crippen LogP contribution in [0.4, 0.5) is 4.39 Å². The van der Waals surface area contributed by atoms with Gasteiger partial charge in [-0.05, 0) is 62.1 Å². The summed E-state index contributed by atoms with van der Waals surface area (Å²) in [7, 11) is 8.55. The Morgan fingerprint density at radius 3 is 2.26 bits per heavy atom. The number of imidazole rings is 1. The monoisotopic (exact) mass is 460 g/mol. The van der Waals surface area contributed by atoms with E-state index >= 15 is 0 Å². The molecule has 0 aliphatic heterocycles. The van der Waals surface area contributed by atoms with Crippen LogP contribution in [-0.4, -0.2) is 49.7 Å². The van der Waals surface area contributed by atoms with Gasteiger partial charge in [0.15, 0.2) is 17.1 Å². The van der Waals surface area contributed by atoms with Crippen molar-refractivity contribution >= 4 is 5.65 Å². The van der Waals surface area contributed by atoms with E-state index in [9.17, 15) is 9.65 Å². The average Bonchev–Trinajstić information content (AvgIpc) is 3.25. The maximum Gasteiger partial charge on any atom is 0.203 e. The molecule has 0 radical (unpaired) electrons. The molecule has 2 aromatic heterocycles. The average molecular weight is 461 g/mol. The lowest BCUT2D eigenvalue weighted by Gasteiger charge is -2.19. The molecule has 7 nitrogen and oxygen atoms in total. The summed E-state index contributed by atoms with van der Waals surface area (Å²) in [6.45, 7) is 0.610. The smallest absolute Gasteiger partial charge is 0.203 e. The largest absolute Gasteiger partial charge is 0.493 e. The number of ether oxygens (including phenoxy) is 3. The van der Waals surface area contributed by atoms with E-state index in [-0.39, 0.29) is 5.82 Å². The minimum atomic E-state index is -0.324. The molecule has 174 valence electrons. The van der Waals surface area contributed by atoms with Gasteiger partial charge in [0.2, 0.25) is 5.75 Å². The third-order valence-electron chi connectivity index (χ3n) is 5.57. The number of nitriles is 1. The SMILES string of the molecule is COc1ccc(-c2cc(-c3ccc(F)cc3)n3c(CN(C)C)cnc3c2C#N)c(OC)c1OC. The maximum absolute atomic E-state index is 13.7. The fourth-order valence-electron chi connectivity index (χ4n) is 4.13. The molecule has 2 heterocycles. The second kappa shape index (κ2) is 9.41. The Morgan fingerprint density at radius 1 is 0.971 bits per heavy atom. The number of hydrogen-bond acceptors (Lipinski definition) is 6. The number of hydrogen-bond donors (Lipinski definition) is 0. The molecular weight excluding hydrogens is 435 g/mol. The minimum Gasteiger partial charge on any atom is -0.493 e. The third kappa shape index (κ3) is 3.91. The summed E-state index contributed by atoms with van der Waals surface area (Å²) < 4.78 is 32.3. The number of halogens is 1.